The minimum absolute atomic E-state index is 0.391. The fourth-order valence-corrected chi connectivity index (χ4v) is 3.68. The Morgan fingerprint density at radius 2 is 1.93 bits per heavy atom. The maximum atomic E-state index is 9.52. The first-order valence-corrected chi connectivity index (χ1v) is 9.69. The Balaban J connectivity index is 1.86. The molecule has 3 rings (SSSR count). The van der Waals surface area contributed by atoms with Crippen LogP contribution in [-0.4, -0.2) is 19.2 Å². The third-order valence-corrected chi connectivity index (χ3v) is 5.26. The third kappa shape index (κ3) is 4.39. The van der Waals surface area contributed by atoms with Crippen molar-refractivity contribution in [1.82, 2.24) is 4.98 Å². The van der Waals surface area contributed by atoms with Gasteiger partial charge >= 0.3 is 0 Å². The molecule has 3 aromatic rings. The highest BCUT2D eigenvalue weighted by atomic mass is 35.5. The molecule has 0 aliphatic heterocycles. The average Bonchev–Trinajstić information content (AvgIpc) is 3.19. The first-order valence-electron chi connectivity index (χ1n) is 8.06. The number of nitriles is 1. The van der Waals surface area contributed by atoms with E-state index in [4.69, 9.17) is 32.7 Å². The molecule has 0 aliphatic carbocycles. The fourth-order valence-electron chi connectivity index (χ4n) is 2.42. The van der Waals surface area contributed by atoms with Crippen LogP contribution in [0.1, 0.15) is 5.01 Å². The van der Waals surface area contributed by atoms with Crippen molar-refractivity contribution in [2.45, 2.75) is 0 Å². The van der Waals surface area contributed by atoms with E-state index in [0.29, 0.717) is 37.8 Å². The van der Waals surface area contributed by atoms with Crippen molar-refractivity contribution in [3.8, 4) is 28.8 Å². The molecule has 0 aliphatic rings. The molecule has 8 heteroatoms. The van der Waals surface area contributed by atoms with E-state index >= 15 is 0 Å². The lowest BCUT2D eigenvalue weighted by atomic mass is 10.1. The molecule has 0 unspecified atom stereocenters. The van der Waals surface area contributed by atoms with Gasteiger partial charge in [-0.3, -0.25) is 0 Å². The van der Waals surface area contributed by atoms with Gasteiger partial charge in [-0.2, -0.15) is 5.26 Å². The monoisotopic (exact) mass is 431 g/mol. The largest absolute Gasteiger partial charge is 0.493 e. The molecule has 0 amide bonds. The number of nitrogens with one attached hydrogen (secondary N) is 1. The predicted octanol–water partition coefficient (Wildman–Crippen LogP) is 6.11. The number of hydrogen-bond donors (Lipinski definition) is 1. The lowest BCUT2D eigenvalue weighted by Crippen LogP contribution is -1.92. The van der Waals surface area contributed by atoms with Gasteiger partial charge in [0.2, 0.25) is 0 Å². The van der Waals surface area contributed by atoms with Gasteiger partial charge < -0.3 is 14.8 Å². The molecule has 0 radical (unpaired) electrons. The minimum atomic E-state index is 0.391. The molecule has 28 heavy (non-hydrogen) atoms. The van der Waals surface area contributed by atoms with Gasteiger partial charge in [0.1, 0.15) is 16.6 Å². The number of hydrogen-bond acceptors (Lipinski definition) is 6. The zero-order valence-electron chi connectivity index (χ0n) is 15.0. The number of thiazole rings is 1. The molecule has 0 saturated carbocycles. The van der Waals surface area contributed by atoms with Crippen LogP contribution in [0.4, 0.5) is 5.69 Å². The Hall–Kier alpha value is -2.72. The standard InChI is InChI=1S/C20H15Cl2N3O2S/c1-26-18-6-3-12(7-19(18)27-2)17-11-28-20(25-17)13(9-23)10-24-16-5-4-14(21)8-15(16)22/h3-8,10-11,24H,1-2H3. The van der Waals surface area contributed by atoms with Gasteiger partial charge in [0.05, 0.1) is 30.6 Å². The topological polar surface area (TPSA) is 67.2 Å². The van der Waals surface area contributed by atoms with Crippen LogP contribution in [0, 0.1) is 11.3 Å². The summed E-state index contributed by atoms with van der Waals surface area (Å²) < 4.78 is 10.6. The van der Waals surface area contributed by atoms with Gasteiger partial charge in [0, 0.05) is 22.2 Å². The second-order valence-electron chi connectivity index (χ2n) is 5.55. The Kier molecular flexibility index (Phi) is 6.42. The Morgan fingerprint density at radius 1 is 1.14 bits per heavy atom. The Labute approximate surface area is 176 Å². The number of ether oxygens (including phenoxy) is 2. The molecule has 0 atom stereocenters. The van der Waals surface area contributed by atoms with Crippen LogP contribution >= 0.6 is 34.5 Å². The molecular weight excluding hydrogens is 417 g/mol. The summed E-state index contributed by atoms with van der Waals surface area (Å²) in [6, 6.07) is 12.8. The molecule has 0 fully saturated rings. The zero-order valence-corrected chi connectivity index (χ0v) is 17.3. The van der Waals surface area contributed by atoms with E-state index in [9.17, 15) is 5.26 Å². The summed E-state index contributed by atoms with van der Waals surface area (Å²) in [7, 11) is 3.17. The summed E-state index contributed by atoms with van der Waals surface area (Å²) >= 11 is 13.4. The number of allylic oxidation sites excluding steroid dienone is 1. The molecule has 2 aromatic carbocycles. The number of benzene rings is 2. The van der Waals surface area contributed by atoms with Gasteiger partial charge in [0.15, 0.2) is 11.5 Å². The molecule has 0 spiro atoms. The van der Waals surface area contributed by atoms with Crippen molar-refractivity contribution in [2.24, 2.45) is 0 Å². The molecule has 5 nitrogen and oxygen atoms in total. The van der Waals surface area contributed by atoms with E-state index in [1.165, 1.54) is 11.3 Å². The van der Waals surface area contributed by atoms with Gasteiger partial charge in [-0.1, -0.05) is 23.2 Å². The Morgan fingerprint density at radius 3 is 2.61 bits per heavy atom. The molecule has 1 N–H and O–H groups in total. The molecule has 1 heterocycles. The number of halogens is 2. The highest BCUT2D eigenvalue weighted by Gasteiger charge is 2.12. The van der Waals surface area contributed by atoms with E-state index in [1.807, 2.05) is 23.6 Å². The van der Waals surface area contributed by atoms with Gasteiger partial charge in [-0.05, 0) is 36.4 Å². The quantitative estimate of drug-likeness (QED) is 0.476. The van der Waals surface area contributed by atoms with E-state index in [2.05, 4.69) is 16.4 Å². The Bertz CT molecular complexity index is 1070. The summed E-state index contributed by atoms with van der Waals surface area (Å²) in [6.45, 7) is 0. The van der Waals surface area contributed by atoms with Crippen LogP contribution in [0.5, 0.6) is 11.5 Å². The summed E-state index contributed by atoms with van der Waals surface area (Å²) in [5, 5.41) is 16.0. The molecular formula is C20H15Cl2N3O2S. The summed E-state index contributed by atoms with van der Waals surface area (Å²) in [5.74, 6) is 1.26. The van der Waals surface area contributed by atoms with Crippen molar-refractivity contribution in [3.05, 3.63) is 63.0 Å². The number of aromatic nitrogens is 1. The predicted molar refractivity (Wildman–Crippen MR) is 114 cm³/mol. The first kappa shape index (κ1) is 20.0. The maximum absolute atomic E-state index is 9.52. The zero-order chi connectivity index (χ0) is 20.1. The van der Waals surface area contributed by atoms with Crippen molar-refractivity contribution in [2.75, 3.05) is 19.5 Å². The lowest BCUT2D eigenvalue weighted by molar-refractivity contribution is 0.355. The van der Waals surface area contributed by atoms with E-state index in [1.54, 1.807) is 38.6 Å². The second kappa shape index (κ2) is 8.98. The molecule has 0 saturated heterocycles. The fraction of sp³-hybridized carbons (Fsp3) is 0.100. The smallest absolute Gasteiger partial charge is 0.161 e. The summed E-state index contributed by atoms with van der Waals surface area (Å²) in [4.78, 5) is 4.57. The van der Waals surface area contributed by atoms with Crippen molar-refractivity contribution < 1.29 is 9.47 Å². The summed E-state index contributed by atoms with van der Waals surface area (Å²) in [6.07, 6.45) is 1.58. The van der Waals surface area contributed by atoms with Crippen molar-refractivity contribution >= 4 is 45.8 Å². The van der Waals surface area contributed by atoms with Crippen LogP contribution in [0.25, 0.3) is 16.8 Å². The van der Waals surface area contributed by atoms with Crippen LogP contribution in [0.3, 0.4) is 0 Å². The average molecular weight is 432 g/mol. The van der Waals surface area contributed by atoms with E-state index in [-0.39, 0.29) is 0 Å². The maximum Gasteiger partial charge on any atom is 0.161 e. The second-order valence-corrected chi connectivity index (χ2v) is 7.25. The van der Waals surface area contributed by atoms with Crippen molar-refractivity contribution in [3.63, 3.8) is 0 Å². The summed E-state index contributed by atoms with van der Waals surface area (Å²) in [5.41, 5.74) is 2.65. The highest BCUT2D eigenvalue weighted by molar-refractivity contribution is 7.11. The molecule has 0 bridgehead atoms. The SMILES string of the molecule is COc1ccc(-c2csc(C(C#N)=CNc3ccc(Cl)cc3Cl)n2)cc1OC. The number of rotatable bonds is 6. The van der Waals surface area contributed by atoms with Crippen LogP contribution < -0.4 is 14.8 Å². The van der Waals surface area contributed by atoms with E-state index < -0.39 is 0 Å². The molecule has 142 valence electrons. The number of nitrogens with zero attached hydrogens (tertiary/aromatic N) is 2. The van der Waals surface area contributed by atoms with Gasteiger partial charge in [-0.25, -0.2) is 4.98 Å². The van der Waals surface area contributed by atoms with E-state index in [0.717, 1.165) is 11.3 Å². The van der Waals surface area contributed by atoms with Gasteiger partial charge in [0.25, 0.3) is 0 Å². The van der Waals surface area contributed by atoms with Gasteiger partial charge in [-0.15, -0.1) is 11.3 Å². The third-order valence-electron chi connectivity index (χ3n) is 3.84. The minimum Gasteiger partial charge on any atom is -0.493 e. The normalized spacial score (nSPS) is 11.0. The van der Waals surface area contributed by atoms with Crippen molar-refractivity contribution in [1.29, 1.82) is 5.26 Å². The van der Waals surface area contributed by atoms with Crippen LogP contribution in [-0.2, 0) is 0 Å². The molecule has 1 aromatic heterocycles. The lowest BCUT2D eigenvalue weighted by Gasteiger charge is -2.08. The van der Waals surface area contributed by atoms with Crippen LogP contribution in [0.2, 0.25) is 10.0 Å². The number of methoxy groups -OCH3 is 2. The first-order chi connectivity index (χ1) is 13.5. The number of anilines is 1. The van der Waals surface area contributed by atoms with Crippen LogP contribution in [0.15, 0.2) is 48.0 Å². The highest BCUT2D eigenvalue weighted by Crippen LogP contribution is 2.34.